The van der Waals surface area contributed by atoms with Gasteiger partial charge in [0.15, 0.2) is 11.6 Å². The smallest absolute Gasteiger partial charge is 0.375 e. The van der Waals surface area contributed by atoms with Crippen molar-refractivity contribution < 1.29 is 23.5 Å². The molecule has 1 aromatic heterocycles. The molecule has 0 amide bonds. The van der Waals surface area contributed by atoms with Crippen molar-refractivity contribution in [1.29, 1.82) is 0 Å². The summed E-state index contributed by atoms with van der Waals surface area (Å²) in [5, 5.41) is 0. The van der Waals surface area contributed by atoms with E-state index < -0.39 is 5.97 Å². The summed E-state index contributed by atoms with van der Waals surface area (Å²) in [7, 11) is 0. The minimum atomic E-state index is -0.742. The van der Waals surface area contributed by atoms with Gasteiger partial charge in [-0.3, -0.25) is 9.59 Å². The lowest BCUT2D eigenvalue weighted by molar-refractivity contribution is 0.0487. The van der Waals surface area contributed by atoms with Crippen molar-refractivity contribution in [1.82, 2.24) is 0 Å². The van der Waals surface area contributed by atoms with Gasteiger partial charge in [0.1, 0.15) is 5.76 Å². The van der Waals surface area contributed by atoms with E-state index in [1.54, 1.807) is 20.8 Å². The number of fused-ring (bicyclic) bond motifs is 1. The highest BCUT2D eigenvalue weighted by Crippen LogP contribution is 2.39. The Morgan fingerprint density at radius 1 is 1.00 bits per heavy atom. The molecule has 0 bridgehead atoms. The number of allylic oxidation sites excluding steroid dienone is 2. The van der Waals surface area contributed by atoms with Gasteiger partial charge < -0.3 is 9.15 Å². The summed E-state index contributed by atoms with van der Waals surface area (Å²) in [5.74, 6) is -1.38. The third kappa shape index (κ3) is 2.60. The molecule has 0 saturated heterocycles. The van der Waals surface area contributed by atoms with Crippen molar-refractivity contribution in [3.05, 3.63) is 57.4 Å². The molecule has 0 atom stereocenters. The molecular formula is C21H20O5. The van der Waals surface area contributed by atoms with Crippen LogP contribution >= 0.6 is 0 Å². The fourth-order valence-corrected chi connectivity index (χ4v) is 3.18. The predicted octanol–water partition coefficient (Wildman–Crippen LogP) is 4.46. The van der Waals surface area contributed by atoms with E-state index in [1.165, 1.54) is 0 Å². The normalized spacial score (nSPS) is 13.9. The monoisotopic (exact) mass is 352 g/mol. The number of esters is 1. The summed E-state index contributed by atoms with van der Waals surface area (Å²) in [6.07, 6.45) is 0. The third-order valence-electron chi connectivity index (χ3n) is 4.69. The van der Waals surface area contributed by atoms with Gasteiger partial charge in [-0.25, -0.2) is 4.79 Å². The van der Waals surface area contributed by atoms with Gasteiger partial charge >= 0.3 is 5.97 Å². The Morgan fingerprint density at radius 3 is 2.19 bits per heavy atom. The summed E-state index contributed by atoms with van der Waals surface area (Å²) in [6, 6.07) is 5.68. The van der Waals surface area contributed by atoms with E-state index >= 15 is 0 Å². The average Bonchev–Trinajstić information content (AvgIpc) is 2.99. The standard InChI is InChI=1S/C21H20O5/c1-6-25-21(24)20-16-15(17(22)12(4)13(5)18(16)23)19(26-20)14-8-7-10(2)9-11(14)3/h7-9H,6H2,1-5H3. The Balaban J connectivity index is 2.34. The molecule has 1 aliphatic carbocycles. The Kier molecular flexibility index (Phi) is 4.40. The molecule has 5 nitrogen and oxygen atoms in total. The molecular weight excluding hydrogens is 332 g/mol. The maximum Gasteiger partial charge on any atom is 0.375 e. The largest absolute Gasteiger partial charge is 0.460 e. The molecule has 0 N–H and O–H groups in total. The minimum Gasteiger partial charge on any atom is -0.460 e. The summed E-state index contributed by atoms with van der Waals surface area (Å²) >= 11 is 0. The lowest BCUT2D eigenvalue weighted by Crippen LogP contribution is -2.21. The highest BCUT2D eigenvalue weighted by molar-refractivity contribution is 6.30. The number of rotatable bonds is 3. The quantitative estimate of drug-likeness (QED) is 0.763. The van der Waals surface area contributed by atoms with Crippen molar-refractivity contribution in [2.75, 3.05) is 6.61 Å². The molecule has 0 aliphatic heterocycles. The highest BCUT2D eigenvalue weighted by atomic mass is 16.5. The Morgan fingerprint density at radius 2 is 1.62 bits per heavy atom. The van der Waals surface area contributed by atoms with Gasteiger partial charge in [0, 0.05) is 16.7 Å². The molecule has 0 unspecified atom stereocenters. The first-order chi connectivity index (χ1) is 12.3. The van der Waals surface area contributed by atoms with Gasteiger partial charge in [0.25, 0.3) is 0 Å². The molecule has 1 heterocycles. The van der Waals surface area contributed by atoms with Gasteiger partial charge in [0.05, 0.1) is 17.7 Å². The van der Waals surface area contributed by atoms with Gasteiger partial charge in [-0.15, -0.1) is 0 Å². The molecule has 1 aromatic carbocycles. The van der Waals surface area contributed by atoms with E-state index in [4.69, 9.17) is 9.15 Å². The van der Waals surface area contributed by atoms with Crippen molar-refractivity contribution in [3.8, 4) is 11.3 Å². The number of ether oxygens (including phenoxy) is 1. The maximum atomic E-state index is 12.9. The summed E-state index contributed by atoms with van der Waals surface area (Å²) in [6.45, 7) is 8.86. The van der Waals surface area contributed by atoms with Crippen LogP contribution in [0.2, 0.25) is 0 Å². The van der Waals surface area contributed by atoms with Crippen molar-refractivity contribution >= 4 is 17.5 Å². The first-order valence-electron chi connectivity index (χ1n) is 8.46. The number of ketones is 2. The lowest BCUT2D eigenvalue weighted by Gasteiger charge is -2.14. The van der Waals surface area contributed by atoms with Gasteiger partial charge in [-0.2, -0.15) is 0 Å². The van der Waals surface area contributed by atoms with Crippen LogP contribution in [0.5, 0.6) is 0 Å². The van der Waals surface area contributed by atoms with Gasteiger partial charge in [-0.1, -0.05) is 23.8 Å². The molecule has 1 aliphatic rings. The number of carbonyl (C=O) groups excluding carboxylic acids is 3. The van der Waals surface area contributed by atoms with Crippen molar-refractivity contribution in [2.45, 2.75) is 34.6 Å². The lowest BCUT2D eigenvalue weighted by atomic mass is 9.84. The first-order valence-corrected chi connectivity index (χ1v) is 8.46. The molecule has 0 fully saturated rings. The first kappa shape index (κ1) is 17.9. The van der Waals surface area contributed by atoms with Crippen LogP contribution in [-0.4, -0.2) is 24.1 Å². The number of furan rings is 1. The molecule has 134 valence electrons. The Labute approximate surface area is 151 Å². The molecule has 2 aromatic rings. The second-order valence-electron chi connectivity index (χ2n) is 6.46. The SMILES string of the molecule is CCOC(=O)c1oc(-c2ccc(C)cc2C)c2c1C(=O)C(C)=C(C)C2=O. The zero-order valence-electron chi connectivity index (χ0n) is 15.5. The fourth-order valence-electron chi connectivity index (χ4n) is 3.18. The summed E-state index contributed by atoms with van der Waals surface area (Å²) in [5.41, 5.74) is 3.47. The molecule has 3 rings (SSSR count). The summed E-state index contributed by atoms with van der Waals surface area (Å²) in [4.78, 5) is 38.1. The van der Waals surface area contributed by atoms with E-state index in [0.717, 1.165) is 11.1 Å². The van der Waals surface area contributed by atoms with E-state index in [9.17, 15) is 14.4 Å². The van der Waals surface area contributed by atoms with Crippen LogP contribution in [0, 0.1) is 13.8 Å². The number of aryl methyl sites for hydroxylation is 2. The third-order valence-corrected chi connectivity index (χ3v) is 4.69. The second-order valence-corrected chi connectivity index (χ2v) is 6.46. The number of hydrogen-bond donors (Lipinski definition) is 0. The average molecular weight is 352 g/mol. The fraction of sp³-hybridized carbons (Fsp3) is 0.286. The number of benzene rings is 1. The van der Waals surface area contributed by atoms with Gasteiger partial charge in [0.2, 0.25) is 5.76 Å². The van der Waals surface area contributed by atoms with E-state index in [2.05, 4.69) is 0 Å². The van der Waals surface area contributed by atoms with Crippen LogP contribution in [0.1, 0.15) is 63.2 Å². The maximum absolute atomic E-state index is 12.9. The molecule has 26 heavy (non-hydrogen) atoms. The van der Waals surface area contributed by atoms with E-state index in [0.29, 0.717) is 16.7 Å². The molecule has 0 spiro atoms. The van der Waals surface area contributed by atoms with Crippen LogP contribution in [0.3, 0.4) is 0 Å². The molecule has 0 saturated carbocycles. The van der Waals surface area contributed by atoms with Crippen molar-refractivity contribution in [3.63, 3.8) is 0 Å². The van der Waals surface area contributed by atoms with Gasteiger partial charge in [-0.05, 0) is 40.2 Å². The Hall–Kier alpha value is -2.95. The summed E-state index contributed by atoms with van der Waals surface area (Å²) < 4.78 is 10.8. The van der Waals surface area contributed by atoms with Crippen LogP contribution in [0.25, 0.3) is 11.3 Å². The van der Waals surface area contributed by atoms with Crippen LogP contribution in [0.4, 0.5) is 0 Å². The predicted molar refractivity (Wildman–Crippen MR) is 96.6 cm³/mol. The molecule has 0 radical (unpaired) electrons. The van der Waals surface area contributed by atoms with Crippen LogP contribution < -0.4 is 0 Å². The van der Waals surface area contributed by atoms with E-state index in [1.807, 2.05) is 32.0 Å². The van der Waals surface area contributed by atoms with E-state index in [-0.39, 0.29) is 40.8 Å². The number of hydrogen-bond acceptors (Lipinski definition) is 5. The van der Waals surface area contributed by atoms with Crippen molar-refractivity contribution in [2.24, 2.45) is 0 Å². The topological polar surface area (TPSA) is 73.6 Å². The zero-order valence-corrected chi connectivity index (χ0v) is 15.5. The number of Topliss-reactive ketones (excluding diaryl/α,β-unsaturated/α-hetero) is 2. The number of carbonyl (C=O) groups is 3. The highest BCUT2D eigenvalue weighted by Gasteiger charge is 2.39. The second kappa shape index (κ2) is 6.41. The Bertz CT molecular complexity index is 988. The molecule has 5 heteroatoms. The van der Waals surface area contributed by atoms with Crippen LogP contribution in [-0.2, 0) is 4.74 Å². The zero-order chi connectivity index (χ0) is 19.2. The minimum absolute atomic E-state index is 0.00604. The van der Waals surface area contributed by atoms with Crippen LogP contribution in [0.15, 0.2) is 33.8 Å².